The van der Waals surface area contributed by atoms with Crippen LogP contribution in [0, 0.1) is 11.8 Å². The van der Waals surface area contributed by atoms with Crippen LogP contribution >= 0.6 is 0 Å². The number of nitrogens with zero attached hydrogens (tertiary/aromatic N) is 3. The third-order valence-electron chi connectivity index (χ3n) is 7.93. The Morgan fingerprint density at radius 2 is 1.69 bits per heavy atom. The first-order chi connectivity index (χ1) is 17.4. The summed E-state index contributed by atoms with van der Waals surface area (Å²) in [4.78, 5) is 57.8. The maximum absolute atomic E-state index is 13.1. The van der Waals surface area contributed by atoms with Crippen LogP contribution in [0.5, 0.6) is 5.75 Å². The molecular weight excluding hydrogens is 464 g/mol. The smallest absolute Gasteiger partial charge is 0.328 e. The van der Waals surface area contributed by atoms with Gasteiger partial charge in [0, 0.05) is 45.2 Å². The number of piperazine rings is 1. The lowest BCUT2D eigenvalue weighted by Gasteiger charge is -2.38. The number of methoxy groups -OCH3 is 1. The van der Waals surface area contributed by atoms with E-state index in [2.05, 4.69) is 4.98 Å². The van der Waals surface area contributed by atoms with E-state index in [4.69, 9.17) is 9.47 Å². The average molecular weight is 499 g/mol. The first-order valence-electron chi connectivity index (χ1n) is 12.9. The third-order valence-corrected chi connectivity index (χ3v) is 7.93. The van der Waals surface area contributed by atoms with Gasteiger partial charge in [0.2, 0.25) is 5.91 Å². The van der Waals surface area contributed by atoms with Crippen LogP contribution in [0.15, 0.2) is 27.8 Å². The molecule has 10 heteroatoms. The number of ether oxygens (including phenoxy) is 2. The zero-order chi connectivity index (χ0) is 25.2. The quantitative estimate of drug-likeness (QED) is 0.666. The highest BCUT2D eigenvalue weighted by atomic mass is 16.5. The molecule has 2 aliphatic heterocycles. The van der Waals surface area contributed by atoms with Crippen molar-refractivity contribution in [2.45, 2.75) is 51.2 Å². The van der Waals surface area contributed by atoms with Crippen LogP contribution in [0.2, 0.25) is 0 Å². The zero-order valence-corrected chi connectivity index (χ0v) is 20.7. The van der Waals surface area contributed by atoms with Gasteiger partial charge in [-0.15, -0.1) is 0 Å². The van der Waals surface area contributed by atoms with Crippen LogP contribution in [0.4, 0.5) is 0 Å². The van der Waals surface area contributed by atoms with Crippen molar-refractivity contribution in [3.63, 3.8) is 0 Å². The molecule has 36 heavy (non-hydrogen) atoms. The Morgan fingerprint density at radius 1 is 1.00 bits per heavy atom. The molecule has 1 N–H and O–H groups in total. The Morgan fingerprint density at radius 3 is 2.33 bits per heavy atom. The standard InChI is InChI=1S/C26H34N4O6/c1-35-19-8-9-21-20(15-19)24(32)30(26(34)27-21)16-17-4-6-18(7-5-17)23(31)28-10-12-29(13-11-28)25(33)22-3-2-14-36-22/h8-9,15,17-18,22H,2-7,10-14,16H2,1H3,(H,27,34)/t17-,18-,22-/m1/s1. The van der Waals surface area contributed by atoms with Gasteiger partial charge in [0.25, 0.3) is 11.5 Å². The molecule has 2 saturated heterocycles. The molecule has 1 saturated carbocycles. The largest absolute Gasteiger partial charge is 0.497 e. The lowest BCUT2D eigenvalue weighted by molar-refractivity contribution is -0.147. The number of aromatic amines is 1. The van der Waals surface area contributed by atoms with Crippen LogP contribution < -0.4 is 16.0 Å². The molecule has 1 aromatic heterocycles. The maximum atomic E-state index is 13.1. The van der Waals surface area contributed by atoms with Gasteiger partial charge in [0.1, 0.15) is 11.9 Å². The van der Waals surface area contributed by atoms with E-state index in [1.807, 2.05) is 9.80 Å². The topological polar surface area (TPSA) is 114 Å². The van der Waals surface area contributed by atoms with Crippen LogP contribution in [0.25, 0.3) is 10.9 Å². The fraction of sp³-hybridized carbons (Fsp3) is 0.615. The summed E-state index contributed by atoms with van der Waals surface area (Å²) in [6, 6.07) is 5.03. The summed E-state index contributed by atoms with van der Waals surface area (Å²) in [5.41, 5.74) is -0.235. The lowest BCUT2D eigenvalue weighted by atomic mass is 9.81. The first kappa shape index (κ1) is 24.5. The van der Waals surface area contributed by atoms with E-state index in [1.54, 1.807) is 18.2 Å². The molecule has 0 unspecified atom stereocenters. The van der Waals surface area contributed by atoms with Crippen molar-refractivity contribution in [2.75, 3.05) is 39.9 Å². The fourth-order valence-corrected chi connectivity index (χ4v) is 5.75. The second kappa shape index (κ2) is 10.5. The number of hydrogen-bond donors (Lipinski definition) is 1. The molecule has 3 aliphatic rings. The van der Waals surface area contributed by atoms with Gasteiger partial charge in [-0.25, -0.2) is 4.79 Å². The van der Waals surface area contributed by atoms with E-state index in [-0.39, 0.29) is 35.3 Å². The lowest BCUT2D eigenvalue weighted by Crippen LogP contribution is -2.54. The Hall–Kier alpha value is -3.14. The molecule has 5 rings (SSSR count). The monoisotopic (exact) mass is 498 g/mol. The minimum absolute atomic E-state index is 0.0439. The number of nitrogens with one attached hydrogen (secondary N) is 1. The summed E-state index contributed by atoms with van der Waals surface area (Å²) in [5.74, 6) is 0.895. The minimum Gasteiger partial charge on any atom is -0.497 e. The number of benzene rings is 1. The number of hydrogen-bond acceptors (Lipinski definition) is 6. The summed E-state index contributed by atoms with van der Waals surface area (Å²) >= 11 is 0. The summed E-state index contributed by atoms with van der Waals surface area (Å²) in [6.45, 7) is 3.21. The van der Waals surface area contributed by atoms with Gasteiger partial charge < -0.3 is 24.3 Å². The Labute approximate surface area is 209 Å². The van der Waals surface area contributed by atoms with Gasteiger partial charge in [0.15, 0.2) is 0 Å². The van der Waals surface area contributed by atoms with E-state index >= 15 is 0 Å². The second-order valence-electron chi connectivity index (χ2n) is 10.1. The molecule has 1 aromatic carbocycles. The number of H-pyrrole nitrogens is 1. The Balaban J connectivity index is 1.15. The van der Waals surface area contributed by atoms with Crippen LogP contribution in [-0.2, 0) is 20.9 Å². The molecule has 1 atom stereocenters. The second-order valence-corrected chi connectivity index (χ2v) is 10.1. The molecule has 2 aromatic rings. The Kier molecular flexibility index (Phi) is 7.13. The third kappa shape index (κ3) is 4.91. The summed E-state index contributed by atoms with van der Waals surface area (Å²) in [5, 5.41) is 0.426. The molecule has 3 heterocycles. The molecule has 0 bridgehead atoms. The number of rotatable bonds is 5. The Bertz CT molecular complexity index is 1230. The summed E-state index contributed by atoms with van der Waals surface area (Å²) in [7, 11) is 1.54. The van der Waals surface area contributed by atoms with Crippen molar-refractivity contribution < 1.29 is 19.1 Å². The van der Waals surface area contributed by atoms with Crippen molar-refractivity contribution in [1.82, 2.24) is 19.4 Å². The summed E-state index contributed by atoms with van der Waals surface area (Å²) in [6.07, 6.45) is 4.46. The highest BCUT2D eigenvalue weighted by molar-refractivity contribution is 5.82. The SMILES string of the molecule is COc1ccc2[nH]c(=O)n(C[C@H]3CC[C@H](C(=O)N4CCN(C(=O)[C@H]5CCCO5)CC4)CC3)c(=O)c2c1. The number of carbonyl (C=O) groups excluding carboxylic acids is 2. The molecule has 10 nitrogen and oxygen atoms in total. The van der Waals surface area contributed by atoms with Crippen molar-refractivity contribution in [3.05, 3.63) is 39.0 Å². The van der Waals surface area contributed by atoms with E-state index in [1.165, 1.54) is 11.7 Å². The molecule has 194 valence electrons. The van der Waals surface area contributed by atoms with Crippen molar-refractivity contribution in [1.29, 1.82) is 0 Å². The number of amides is 2. The van der Waals surface area contributed by atoms with E-state index in [9.17, 15) is 19.2 Å². The van der Waals surface area contributed by atoms with Crippen LogP contribution in [0.3, 0.4) is 0 Å². The van der Waals surface area contributed by atoms with Gasteiger partial charge in [0.05, 0.1) is 18.0 Å². The number of fused-ring (bicyclic) bond motifs is 1. The van der Waals surface area contributed by atoms with Gasteiger partial charge >= 0.3 is 5.69 Å². The molecular formula is C26H34N4O6. The van der Waals surface area contributed by atoms with Crippen molar-refractivity contribution in [2.24, 2.45) is 11.8 Å². The minimum atomic E-state index is -0.411. The van der Waals surface area contributed by atoms with Crippen LogP contribution in [-0.4, -0.2) is 77.2 Å². The molecule has 0 spiro atoms. The van der Waals surface area contributed by atoms with Crippen LogP contribution in [0.1, 0.15) is 38.5 Å². The fourth-order valence-electron chi connectivity index (χ4n) is 5.75. The number of aromatic nitrogens is 2. The highest BCUT2D eigenvalue weighted by Crippen LogP contribution is 2.31. The predicted molar refractivity (Wildman–Crippen MR) is 133 cm³/mol. The van der Waals surface area contributed by atoms with E-state index in [0.717, 1.165) is 38.5 Å². The average Bonchev–Trinajstić information content (AvgIpc) is 3.46. The van der Waals surface area contributed by atoms with Crippen molar-refractivity contribution >= 4 is 22.7 Å². The molecule has 2 amide bonds. The van der Waals surface area contributed by atoms with Gasteiger partial charge in [-0.1, -0.05) is 0 Å². The predicted octanol–water partition coefficient (Wildman–Crippen LogP) is 1.35. The number of carbonyl (C=O) groups is 2. The van der Waals surface area contributed by atoms with Crippen molar-refractivity contribution in [3.8, 4) is 5.75 Å². The van der Waals surface area contributed by atoms with Gasteiger partial charge in [-0.05, 0) is 62.6 Å². The normalized spacial score (nSPS) is 24.8. The van der Waals surface area contributed by atoms with E-state index < -0.39 is 5.69 Å². The maximum Gasteiger partial charge on any atom is 0.328 e. The highest BCUT2D eigenvalue weighted by Gasteiger charge is 2.34. The van der Waals surface area contributed by atoms with Gasteiger partial charge in [-0.3, -0.25) is 19.0 Å². The zero-order valence-electron chi connectivity index (χ0n) is 20.7. The molecule has 1 aliphatic carbocycles. The van der Waals surface area contributed by atoms with E-state index in [0.29, 0.717) is 56.0 Å². The molecule has 0 radical (unpaired) electrons. The summed E-state index contributed by atoms with van der Waals surface area (Å²) < 4.78 is 12.0. The molecule has 3 fully saturated rings. The first-order valence-corrected chi connectivity index (χ1v) is 12.9. The van der Waals surface area contributed by atoms with Gasteiger partial charge in [-0.2, -0.15) is 0 Å².